The van der Waals surface area contributed by atoms with Crippen LogP contribution in [0.15, 0.2) is 6.07 Å². The molecule has 0 aromatic heterocycles. The van der Waals surface area contributed by atoms with Crippen molar-refractivity contribution in [3.05, 3.63) is 58.2 Å². The molecule has 0 aliphatic heterocycles. The molecular formula is C13H4F8. The van der Waals surface area contributed by atoms with Crippen LogP contribution in [0.1, 0.15) is 5.56 Å². The molecule has 2 rings (SSSR count). The largest absolute Gasteiger partial charge is 0.204 e. The number of halogens is 8. The lowest BCUT2D eigenvalue weighted by atomic mass is 10.00. The number of hydrogen-bond donors (Lipinski definition) is 0. The third kappa shape index (κ3) is 2.14. The van der Waals surface area contributed by atoms with E-state index >= 15 is 0 Å². The van der Waals surface area contributed by atoms with Crippen molar-refractivity contribution in [3.63, 3.8) is 0 Å². The minimum Gasteiger partial charge on any atom is -0.204 e. The molecule has 21 heavy (non-hydrogen) atoms. The van der Waals surface area contributed by atoms with Gasteiger partial charge in [-0.3, -0.25) is 0 Å². The highest BCUT2D eigenvalue weighted by molar-refractivity contribution is 5.67. The van der Waals surface area contributed by atoms with E-state index in [1.165, 1.54) is 0 Å². The molecule has 0 spiro atoms. The summed E-state index contributed by atoms with van der Waals surface area (Å²) in [7, 11) is 0. The fourth-order valence-corrected chi connectivity index (χ4v) is 1.75. The van der Waals surface area contributed by atoms with Crippen LogP contribution in [-0.2, 0) is 0 Å². The summed E-state index contributed by atoms with van der Waals surface area (Å²) in [6, 6.07) is -0.203. The van der Waals surface area contributed by atoms with Gasteiger partial charge in [-0.15, -0.1) is 0 Å². The third-order valence-corrected chi connectivity index (χ3v) is 2.84. The second-order valence-corrected chi connectivity index (χ2v) is 4.10. The second-order valence-electron chi connectivity index (χ2n) is 4.10. The quantitative estimate of drug-likeness (QED) is 0.525. The van der Waals surface area contributed by atoms with E-state index in [1.807, 2.05) is 0 Å². The Kier molecular flexibility index (Phi) is 3.65. The molecule has 0 bridgehead atoms. The maximum absolute atomic E-state index is 13.7. The van der Waals surface area contributed by atoms with Crippen LogP contribution < -0.4 is 0 Å². The predicted octanol–water partition coefficient (Wildman–Crippen LogP) is 4.77. The van der Waals surface area contributed by atoms with Crippen molar-refractivity contribution >= 4 is 0 Å². The van der Waals surface area contributed by atoms with Crippen LogP contribution in [0, 0.1) is 53.5 Å². The molecule has 0 radical (unpaired) electrons. The molecule has 0 aliphatic rings. The molecule has 0 saturated carbocycles. The van der Waals surface area contributed by atoms with Gasteiger partial charge >= 0.3 is 0 Å². The standard InChI is InChI=1S/C13H4F8/c1-3-8(16)12(20)7(13(21)9(3)17)6-10(18)4(14)2-5(15)11(6)19/h2H,1H3. The van der Waals surface area contributed by atoms with Crippen LogP contribution >= 0.6 is 0 Å². The van der Waals surface area contributed by atoms with Crippen LogP contribution in [0.3, 0.4) is 0 Å². The van der Waals surface area contributed by atoms with Gasteiger partial charge in [0, 0.05) is 11.6 Å². The maximum atomic E-state index is 13.7. The lowest BCUT2D eigenvalue weighted by Gasteiger charge is -2.12. The van der Waals surface area contributed by atoms with Crippen molar-refractivity contribution in [3.8, 4) is 11.1 Å². The van der Waals surface area contributed by atoms with Gasteiger partial charge in [-0.25, -0.2) is 35.1 Å². The Balaban J connectivity index is 3.00. The molecule has 2 aromatic carbocycles. The summed E-state index contributed by atoms with van der Waals surface area (Å²) in [5.41, 5.74) is -4.80. The van der Waals surface area contributed by atoms with E-state index in [0.29, 0.717) is 6.92 Å². The molecule has 8 heteroatoms. The Hall–Kier alpha value is -2.12. The van der Waals surface area contributed by atoms with Crippen molar-refractivity contribution in [2.45, 2.75) is 6.92 Å². The summed E-state index contributed by atoms with van der Waals surface area (Å²) in [6.45, 7) is 0.680. The van der Waals surface area contributed by atoms with Crippen LogP contribution in [0.25, 0.3) is 11.1 Å². The molecule has 0 N–H and O–H groups in total. The van der Waals surface area contributed by atoms with Crippen molar-refractivity contribution in [2.75, 3.05) is 0 Å². The Morgan fingerprint density at radius 3 is 1.24 bits per heavy atom. The van der Waals surface area contributed by atoms with Crippen LogP contribution in [0.2, 0.25) is 0 Å². The molecular weight excluding hydrogens is 308 g/mol. The topological polar surface area (TPSA) is 0 Å². The van der Waals surface area contributed by atoms with Gasteiger partial charge in [0.2, 0.25) is 0 Å². The molecule has 0 amide bonds. The van der Waals surface area contributed by atoms with Crippen molar-refractivity contribution in [1.82, 2.24) is 0 Å². The lowest BCUT2D eigenvalue weighted by molar-refractivity contribution is 0.437. The van der Waals surface area contributed by atoms with Crippen molar-refractivity contribution in [2.24, 2.45) is 0 Å². The summed E-state index contributed by atoms with van der Waals surface area (Å²) in [6.07, 6.45) is 0. The highest BCUT2D eigenvalue weighted by Gasteiger charge is 2.30. The van der Waals surface area contributed by atoms with Gasteiger partial charge in [0.05, 0.1) is 11.1 Å². The Labute approximate surface area is 112 Å². The van der Waals surface area contributed by atoms with E-state index in [1.54, 1.807) is 0 Å². The Morgan fingerprint density at radius 1 is 0.524 bits per heavy atom. The first-order valence-electron chi connectivity index (χ1n) is 5.34. The first-order valence-corrected chi connectivity index (χ1v) is 5.34. The summed E-state index contributed by atoms with van der Waals surface area (Å²) in [4.78, 5) is 0. The zero-order valence-corrected chi connectivity index (χ0v) is 10.1. The van der Waals surface area contributed by atoms with Crippen molar-refractivity contribution < 1.29 is 35.1 Å². The van der Waals surface area contributed by atoms with Crippen molar-refractivity contribution in [1.29, 1.82) is 0 Å². The summed E-state index contributed by atoms with van der Waals surface area (Å²) >= 11 is 0. The average Bonchev–Trinajstić information content (AvgIpc) is 2.44. The fraction of sp³-hybridized carbons (Fsp3) is 0.0769. The summed E-state index contributed by atoms with van der Waals surface area (Å²) in [5.74, 6) is -16.4. The first-order chi connectivity index (χ1) is 9.68. The summed E-state index contributed by atoms with van der Waals surface area (Å²) in [5, 5.41) is 0. The van der Waals surface area contributed by atoms with Gasteiger partial charge in [0.25, 0.3) is 0 Å². The molecule has 0 unspecified atom stereocenters. The lowest BCUT2D eigenvalue weighted by Crippen LogP contribution is -2.07. The van der Waals surface area contributed by atoms with Gasteiger partial charge < -0.3 is 0 Å². The molecule has 0 heterocycles. The monoisotopic (exact) mass is 312 g/mol. The maximum Gasteiger partial charge on any atom is 0.170 e. The summed E-state index contributed by atoms with van der Waals surface area (Å²) < 4.78 is 107. The van der Waals surface area contributed by atoms with Crippen LogP contribution in [0.5, 0.6) is 0 Å². The zero-order chi connectivity index (χ0) is 16.1. The van der Waals surface area contributed by atoms with Gasteiger partial charge in [0.15, 0.2) is 46.5 Å². The number of rotatable bonds is 1. The number of benzene rings is 2. The first kappa shape index (κ1) is 15.3. The van der Waals surface area contributed by atoms with E-state index < -0.39 is 63.2 Å². The van der Waals surface area contributed by atoms with Gasteiger partial charge in [0.1, 0.15) is 0 Å². The molecule has 2 aromatic rings. The molecule has 0 saturated heterocycles. The highest BCUT2D eigenvalue weighted by Crippen LogP contribution is 2.36. The minimum atomic E-state index is -2.17. The third-order valence-electron chi connectivity index (χ3n) is 2.84. The van der Waals surface area contributed by atoms with E-state index in [0.717, 1.165) is 0 Å². The minimum absolute atomic E-state index is 0.203. The Morgan fingerprint density at radius 2 is 0.857 bits per heavy atom. The molecule has 0 fully saturated rings. The van der Waals surface area contributed by atoms with E-state index in [-0.39, 0.29) is 6.07 Å². The normalized spacial score (nSPS) is 11.1. The van der Waals surface area contributed by atoms with Gasteiger partial charge in [-0.2, -0.15) is 0 Å². The van der Waals surface area contributed by atoms with Gasteiger partial charge in [-0.1, -0.05) is 0 Å². The fourth-order valence-electron chi connectivity index (χ4n) is 1.75. The molecule has 112 valence electrons. The SMILES string of the molecule is Cc1c(F)c(F)c(-c2c(F)c(F)cc(F)c2F)c(F)c1F. The van der Waals surface area contributed by atoms with Crippen LogP contribution in [0.4, 0.5) is 35.1 Å². The predicted molar refractivity (Wildman–Crippen MR) is 56.3 cm³/mol. The molecule has 0 atom stereocenters. The van der Waals surface area contributed by atoms with Gasteiger partial charge in [-0.05, 0) is 6.92 Å². The van der Waals surface area contributed by atoms with E-state index in [9.17, 15) is 35.1 Å². The van der Waals surface area contributed by atoms with E-state index in [4.69, 9.17) is 0 Å². The number of hydrogen-bond acceptors (Lipinski definition) is 0. The molecule has 0 nitrogen and oxygen atoms in total. The smallest absolute Gasteiger partial charge is 0.170 e. The average molecular weight is 312 g/mol. The second kappa shape index (κ2) is 5.01. The highest BCUT2D eigenvalue weighted by atomic mass is 19.2. The zero-order valence-electron chi connectivity index (χ0n) is 10.1. The van der Waals surface area contributed by atoms with E-state index in [2.05, 4.69) is 0 Å². The Bertz CT molecular complexity index is 696. The van der Waals surface area contributed by atoms with Crippen LogP contribution in [-0.4, -0.2) is 0 Å². The molecule has 0 aliphatic carbocycles.